The molecule has 1 fully saturated rings. The molecule has 0 aliphatic carbocycles. The Balaban J connectivity index is 2.21. The number of halogens is 1. The van der Waals surface area contributed by atoms with Gasteiger partial charge in [0.05, 0.1) is 15.5 Å². The zero-order valence-corrected chi connectivity index (χ0v) is 11.5. The van der Waals surface area contributed by atoms with Crippen LogP contribution in [0.25, 0.3) is 0 Å². The van der Waals surface area contributed by atoms with E-state index in [4.69, 9.17) is 0 Å². The van der Waals surface area contributed by atoms with E-state index in [1.807, 2.05) is 11.8 Å². The molecule has 0 bridgehead atoms. The number of hydrogen-bond acceptors (Lipinski definition) is 5. The summed E-state index contributed by atoms with van der Waals surface area (Å²) >= 11 is 3.31. The van der Waals surface area contributed by atoms with E-state index in [2.05, 4.69) is 20.9 Å². The summed E-state index contributed by atoms with van der Waals surface area (Å²) in [4.78, 5) is 16.3. The maximum atomic E-state index is 10.6. The van der Waals surface area contributed by atoms with Crippen molar-refractivity contribution in [2.24, 2.45) is 5.92 Å². The van der Waals surface area contributed by atoms with Gasteiger partial charge in [-0.3, -0.25) is 10.1 Å². The second-order valence-electron chi connectivity index (χ2n) is 4.54. The van der Waals surface area contributed by atoms with Crippen LogP contribution in [0.2, 0.25) is 0 Å². The molecule has 2 unspecified atom stereocenters. The van der Waals surface area contributed by atoms with Crippen molar-refractivity contribution >= 4 is 27.4 Å². The first-order chi connectivity index (χ1) is 8.49. The van der Waals surface area contributed by atoms with Crippen LogP contribution in [-0.4, -0.2) is 34.2 Å². The largest absolute Gasteiger partial charge is 0.393 e. The molecule has 1 aromatic rings. The lowest BCUT2D eigenvalue weighted by atomic mass is 9.97. The summed E-state index contributed by atoms with van der Waals surface area (Å²) in [5.74, 6) is 0.863. The van der Waals surface area contributed by atoms with Gasteiger partial charge >= 0.3 is 0 Å². The molecule has 2 rings (SSSR count). The van der Waals surface area contributed by atoms with Gasteiger partial charge in [0.2, 0.25) is 0 Å². The van der Waals surface area contributed by atoms with Crippen LogP contribution in [0.4, 0.5) is 11.5 Å². The van der Waals surface area contributed by atoms with Crippen molar-refractivity contribution in [1.82, 2.24) is 4.98 Å². The molecule has 18 heavy (non-hydrogen) atoms. The number of rotatable bonds is 2. The molecule has 6 nitrogen and oxygen atoms in total. The van der Waals surface area contributed by atoms with Crippen LogP contribution >= 0.6 is 15.9 Å². The molecule has 2 atom stereocenters. The molecule has 1 aliphatic heterocycles. The van der Waals surface area contributed by atoms with E-state index < -0.39 is 4.92 Å². The Hall–Kier alpha value is -1.21. The Morgan fingerprint density at radius 1 is 1.67 bits per heavy atom. The van der Waals surface area contributed by atoms with Gasteiger partial charge in [-0.2, -0.15) is 0 Å². The summed E-state index contributed by atoms with van der Waals surface area (Å²) in [6, 6.07) is 1.46. The fraction of sp³-hybridized carbons (Fsp3) is 0.545. The summed E-state index contributed by atoms with van der Waals surface area (Å²) in [6.07, 6.45) is 1.67. The SMILES string of the molecule is CC1CN(c2ncc([N+](=O)[O-])cc2Br)CCC1O. The van der Waals surface area contributed by atoms with E-state index in [0.717, 1.165) is 0 Å². The van der Waals surface area contributed by atoms with E-state index in [9.17, 15) is 15.2 Å². The topological polar surface area (TPSA) is 79.5 Å². The maximum absolute atomic E-state index is 10.6. The van der Waals surface area contributed by atoms with Gasteiger partial charge in [-0.15, -0.1) is 0 Å². The third-order valence-electron chi connectivity index (χ3n) is 3.18. The van der Waals surface area contributed by atoms with E-state index in [1.165, 1.54) is 12.3 Å². The van der Waals surface area contributed by atoms with Crippen LogP contribution in [0, 0.1) is 16.0 Å². The van der Waals surface area contributed by atoms with Crippen molar-refractivity contribution in [2.45, 2.75) is 19.4 Å². The average Bonchev–Trinajstić information content (AvgIpc) is 2.32. The smallest absolute Gasteiger partial charge is 0.288 e. The molecule has 98 valence electrons. The molecule has 0 radical (unpaired) electrons. The van der Waals surface area contributed by atoms with Crippen molar-refractivity contribution in [1.29, 1.82) is 0 Å². The van der Waals surface area contributed by atoms with Gasteiger partial charge in [0.25, 0.3) is 5.69 Å². The molecule has 0 amide bonds. The van der Waals surface area contributed by atoms with E-state index in [-0.39, 0.29) is 17.7 Å². The van der Waals surface area contributed by atoms with Crippen molar-refractivity contribution in [2.75, 3.05) is 18.0 Å². The predicted molar refractivity (Wildman–Crippen MR) is 70.6 cm³/mol. The Labute approximate surface area is 113 Å². The third-order valence-corrected chi connectivity index (χ3v) is 3.76. The second kappa shape index (κ2) is 5.19. The minimum atomic E-state index is -0.468. The molecule has 1 N–H and O–H groups in total. The zero-order chi connectivity index (χ0) is 13.3. The summed E-state index contributed by atoms with van der Waals surface area (Å²) in [5, 5.41) is 20.3. The van der Waals surface area contributed by atoms with Crippen molar-refractivity contribution in [3.05, 3.63) is 26.9 Å². The van der Waals surface area contributed by atoms with Gasteiger partial charge in [-0.25, -0.2) is 4.98 Å². The molecule has 1 aromatic heterocycles. The Morgan fingerprint density at radius 3 is 2.94 bits per heavy atom. The van der Waals surface area contributed by atoms with Crippen LogP contribution in [0.15, 0.2) is 16.7 Å². The number of aliphatic hydroxyl groups is 1. The number of hydrogen-bond donors (Lipinski definition) is 1. The van der Waals surface area contributed by atoms with Crippen molar-refractivity contribution < 1.29 is 10.0 Å². The van der Waals surface area contributed by atoms with Crippen LogP contribution in [0.3, 0.4) is 0 Å². The minimum absolute atomic E-state index is 0.0317. The highest BCUT2D eigenvalue weighted by Gasteiger charge is 2.26. The fourth-order valence-corrected chi connectivity index (χ4v) is 2.67. The quantitative estimate of drug-likeness (QED) is 0.666. The summed E-state index contributed by atoms with van der Waals surface area (Å²) < 4.78 is 0.611. The number of aliphatic hydroxyl groups excluding tert-OH is 1. The number of anilines is 1. The van der Waals surface area contributed by atoms with Gasteiger partial charge in [0, 0.05) is 19.2 Å². The van der Waals surface area contributed by atoms with E-state index in [0.29, 0.717) is 29.8 Å². The molecular weight excluding hydrogens is 302 g/mol. The highest BCUT2D eigenvalue weighted by atomic mass is 79.9. The van der Waals surface area contributed by atoms with Crippen molar-refractivity contribution in [3.63, 3.8) is 0 Å². The number of piperidine rings is 1. The Kier molecular flexibility index (Phi) is 3.82. The predicted octanol–water partition coefficient (Wildman–Crippen LogP) is 1.96. The number of pyridine rings is 1. The summed E-state index contributed by atoms with van der Waals surface area (Å²) in [5.41, 5.74) is -0.0317. The van der Waals surface area contributed by atoms with E-state index >= 15 is 0 Å². The highest BCUT2D eigenvalue weighted by Crippen LogP contribution is 2.30. The van der Waals surface area contributed by atoms with Gasteiger partial charge in [0.1, 0.15) is 12.0 Å². The monoisotopic (exact) mass is 315 g/mol. The Morgan fingerprint density at radius 2 is 2.39 bits per heavy atom. The highest BCUT2D eigenvalue weighted by molar-refractivity contribution is 9.10. The van der Waals surface area contributed by atoms with Crippen LogP contribution in [0.5, 0.6) is 0 Å². The van der Waals surface area contributed by atoms with Gasteiger partial charge in [-0.1, -0.05) is 6.92 Å². The minimum Gasteiger partial charge on any atom is -0.393 e. The lowest BCUT2D eigenvalue weighted by Gasteiger charge is -2.35. The van der Waals surface area contributed by atoms with Gasteiger partial charge in [-0.05, 0) is 28.3 Å². The average molecular weight is 316 g/mol. The zero-order valence-electron chi connectivity index (χ0n) is 9.91. The van der Waals surface area contributed by atoms with E-state index in [1.54, 1.807) is 0 Å². The van der Waals surface area contributed by atoms with Crippen LogP contribution in [0.1, 0.15) is 13.3 Å². The van der Waals surface area contributed by atoms with Gasteiger partial charge < -0.3 is 10.0 Å². The Bertz CT molecular complexity index is 469. The fourth-order valence-electron chi connectivity index (χ4n) is 2.08. The first kappa shape index (κ1) is 13.2. The molecule has 1 saturated heterocycles. The van der Waals surface area contributed by atoms with Crippen LogP contribution < -0.4 is 4.90 Å². The number of aromatic nitrogens is 1. The van der Waals surface area contributed by atoms with Gasteiger partial charge in [0.15, 0.2) is 0 Å². The standard InChI is InChI=1S/C11H14BrN3O3/c1-7-6-14(3-2-10(7)16)11-9(12)4-8(5-13-11)15(17)18/h4-5,7,10,16H,2-3,6H2,1H3. The number of nitrogens with zero attached hydrogens (tertiary/aromatic N) is 3. The molecular formula is C11H14BrN3O3. The van der Waals surface area contributed by atoms with Crippen molar-refractivity contribution in [3.8, 4) is 0 Å². The summed E-state index contributed by atoms with van der Waals surface area (Å²) in [7, 11) is 0. The lowest BCUT2D eigenvalue weighted by molar-refractivity contribution is -0.385. The molecule has 7 heteroatoms. The normalized spacial score (nSPS) is 24.1. The second-order valence-corrected chi connectivity index (χ2v) is 5.39. The molecule has 2 heterocycles. The molecule has 0 spiro atoms. The molecule has 0 saturated carbocycles. The maximum Gasteiger partial charge on any atom is 0.288 e. The first-order valence-corrected chi connectivity index (χ1v) is 6.51. The first-order valence-electron chi connectivity index (χ1n) is 5.72. The lowest BCUT2D eigenvalue weighted by Crippen LogP contribution is -2.42. The number of nitro groups is 1. The summed E-state index contributed by atoms with van der Waals surface area (Å²) in [6.45, 7) is 3.38. The third kappa shape index (κ3) is 2.62. The molecule has 1 aliphatic rings. The molecule has 0 aromatic carbocycles. The van der Waals surface area contributed by atoms with Crippen LogP contribution in [-0.2, 0) is 0 Å².